The van der Waals surface area contributed by atoms with Gasteiger partial charge in [-0.15, -0.1) is 0 Å². The van der Waals surface area contributed by atoms with Crippen LogP contribution in [0.1, 0.15) is 31.6 Å². The second-order valence-electron chi connectivity index (χ2n) is 5.24. The van der Waals surface area contributed by atoms with Gasteiger partial charge in [0.15, 0.2) is 5.58 Å². The number of likely N-dealkylation sites (N-methyl/N-ethyl adjacent to an activating group) is 1. The summed E-state index contributed by atoms with van der Waals surface area (Å²) in [6, 6.07) is 7.96. The van der Waals surface area contributed by atoms with Crippen LogP contribution in [-0.4, -0.2) is 28.9 Å². The highest BCUT2D eigenvalue weighted by atomic mass is 16.3. The maximum atomic E-state index is 12.1. The summed E-state index contributed by atoms with van der Waals surface area (Å²) < 4.78 is 5.55. The summed E-state index contributed by atoms with van der Waals surface area (Å²) in [6.07, 6.45) is 7.85. The Morgan fingerprint density at radius 1 is 1.35 bits per heavy atom. The molecule has 1 aliphatic carbocycles. The van der Waals surface area contributed by atoms with Crippen molar-refractivity contribution in [1.29, 1.82) is 0 Å². The molecule has 0 radical (unpaired) electrons. The highest BCUT2D eigenvalue weighted by Gasteiger charge is 2.21. The highest BCUT2D eigenvalue weighted by Crippen LogP contribution is 2.22. The van der Waals surface area contributed by atoms with Gasteiger partial charge in [-0.1, -0.05) is 25.0 Å². The van der Waals surface area contributed by atoms with Gasteiger partial charge in [-0.2, -0.15) is 0 Å². The van der Waals surface area contributed by atoms with E-state index in [0.717, 1.165) is 23.9 Å². The number of benzene rings is 1. The summed E-state index contributed by atoms with van der Waals surface area (Å²) in [5, 5.41) is 0. The molecule has 1 amide bonds. The SMILES string of the molecule is CN(C(=O)C=Cc1nc2ccccc2o1)C1CCCC1. The molecule has 4 nitrogen and oxygen atoms in total. The molecule has 0 unspecified atom stereocenters. The Labute approximate surface area is 118 Å². The van der Waals surface area contributed by atoms with Crippen LogP contribution < -0.4 is 0 Å². The average Bonchev–Trinajstić information content (AvgIpc) is 3.12. The van der Waals surface area contributed by atoms with Crippen molar-refractivity contribution in [3.05, 3.63) is 36.2 Å². The van der Waals surface area contributed by atoms with Gasteiger partial charge in [0, 0.05) is 25.2 Å². The molecule has 1 heterocycles. The van der Waals surface area contributed by atoms with Crippen molar-refractivity contribution >= 4 is 23.1 Å². The Hall–Kier alpha value is -2.10. The van der Waals surface area contributed by atoms with Gasteiger partial charge in [-0.05, 0) is 25.0 Å². The first-order valence-corrected chi connectivity index (χ1v) is 7.04. The van der Waals surface area contributed by atoms with Gasteiger partial charge in [-0.3, -0.25) is 4.79 Å². The van der Waals surface area contributed by atoms with Gasteiger partial charge in [0.05, 0.1) is 0 Å². The predicted molar refractivity (Wildman–Crippen MR) is 78.1 cm³/mol. The Kier molecular flexibility index (Phi) is 3.54. The third-order valence-corrected chi connectivity index (χ3v) is 3.90. The van der Waals surface area contributed by atoms with Crippen molar-refractivity contribution in [2.45, 2.75) is 31.7 Å². The van der Waals surface area contributed by atoms with Crippen molar-refractivity contribution in [3.8, 4) is 0 Å². The molecule has 0 spiro atoms. The van der Waals surface area contributed by atoms with E-state index in [1.807, 2.05) is 36.2 Å². The van der Waals surface area contributed by atoms with E-state index in [2.05, 4.69) is 4.98 Å². The molecule has 1 aliphatic rings. The molecule has 0 saturated heterocycles. The van der Waals surface area contributed by atoms with Gasteiger partial charge in [0.1, 0.15) is 5.52 Å². The largest absolute Gasteiger partial charge is 0.437 e. The van der Waals surface area contributed by atoms with Crippen molar-refractivity contribution in [2.75, 3.05) is 7.05 Å². The Morgan fingerprint density at radius 2 is 2.10 bits per heavy atom. The molecule has 1 fully saturated rings. The first kappa shape index (κ1) is 12.9. The normalized spacial score (nSPS) is 16.2. The van der Waals surface area contributed by atoms with Gasteiger partial charge in [-0.25, -0.2) is 4.98 Å². The zero-order valence-electron chi connectivity index (χ0n) is 11.6. The van der Waals surface area contributed by atoms with Gasteiger partial charge >= 0.3 is 0 Å². The number of rotatable bonds is 3. The molecule has 1 saturated carbocycles. The molecular formula is C16H18N2O2. The third-order valence-electron chi connectivity index (χ3n) is 3.90. The van der Waals surface area contributed by atoms with Crippen molar-refractivity contribution in [3.63, 3.8) is 0 Å². The number of fused-ring (bicyclic) bond motifs is 1. The monoisotopic (exact) mass is 270 g/mol. The van der Waals surface area contributed by atoms with Gasteiger partial charge in [0.2, 0.25) is 11.8 Å². The molecular weight excluding hydrogens is 252 g/mol. The minimum absolute atomic E-state index is 0.0131. The Balaban J connectivity index is 1.71. The number of oxazole rings is 1. The predicted octanol–water partition coefficient (Wildman–Crippen LogP) is 3.24. The van der Waals surface area contributed by atoms with E-state index >= 15 is 0 Å². The second-order valence-corrected chi connectivity index (χ2v) is 5.24. The quantitative estimate of drug-likeness (QED) is 0.804. The van der Waals surface area contributed by atoms with Crippen LogP contribution >= 0.6 is 0 Å². The lowest BCUT2D eigenvalue weighted by Crippen LogP contribution is -2.33. The summed E-state index contributed by atoms with van der Waals surface area (Å²) in [5.74, 6) is 0.485. The van der Waals surface area contributed by atoms with Crippen LogP contribution in [0.3, 0.4) is 0 Å². The fourth-order valence-corrected chi connectivity index (χ4v) is 2.69. The van der Waals surface area contributed by atoms with Crippen molar-refractivity contribution in [1.82, 2.24) is 9.88 Å². The van der Waals surface area contributed by atoms with Crippen molar-refractivity contribution in [2.24, 2.45) is 0 Å². The van der Waals surface area contributed by atoms with E-state index in [0.29, 0.717) is 11.9 Å². The van der Waals surface area contributed by atoms with Gasteiger partial charge in [0.25, 0.3) is 0 Å². The number of hydrogen-bond acceptors (Lipinski definition) is 3. The molecule has 0 aliphatic heterocycles. The molecule has 0 atom stereocenters. The molecule has 4 heteroatoms. The molecule has 3 rings (SSSR count). The Bertz CT molecular complexity index is 606. The van der Waals surface area contributed by atoms with Crippen LogP contribution in [0.15, 0.2) is 34.8 Å². The summed E-state index contributed by atoms with van der Waals surface area (Å²) in [7, 11) is 1.87. The Morgan fingerprint density at radius 3 is 2.85 bits per heavy atom. The van der Waals surface area contributed by atoms with E-state index in [9.17, 15) is 4.79 Å². The van der Waals surface area contributed by atoms with Crippen molar-refractivity contribution < 1.29 is 9.21 Å². The molecule has 1 aromatic heterocycles. The van der Waals surface area contributed by atoms with Crippen LogP contribution in [0.5, 0.6) is 0 Å². The number of carbonyl (C=O) groups excluding carboxylic acids is 1. The van der Waals surface area contributed by atoms with Gasteiger partial charge < -0.3 is 9.32 Å². The lowest BCUT2D eigenvalue weighted by molar-refractivity contribution is -0.126. The van der Waals surface area contributed by atoms with E-state index in [1.54, 1.807) is 12.2 Å². The number of amides is 1. The molecule has 0 N–H and O–H groups in total. The van der Waals surface area contributed by atoms with E-state index < -0.39 is 0 Å². The van der Waals surface area contributed by atoms with Crippen LogP contribution in [0.4, 0.5) is 0 Å². The first-order chi connectivity index (χ1) is 9.74. The number of nitrogens with zero attached hydrogens (tertiary/aromatic N) is 2. The number of para-hydroxylation sites is 2. The molecule has 0 bridgehead atoms. The highest BCUT2D eigenvalue weighted by molar-refractivity contribution is 5.91. The first-order valence-electron chi connectivity index (χ1n) is 7.04. The average molecular weight is 270 g/mol. The van der Waals surface area contributed by atoms with Crippen LogP contribution in [0, 0.1) is 0 Å². The minimum Gasteiger partial charge on any atom is -0.437 e. The lowest BCUT2D eigenvalue weighted by atomic mass is 10.2. The lowest BCUT2D eigenvalue weighted by Gasteiger charge is -2.22. The smallest absolute Gasteiger partial charge is 0.246 e. The molecule has 104 valence electrons. The maximum absolute atomic E-state index is 12.1. The maximum Gasteiger partial charge on any atom is 0.246 e. The topological polar surface area (TPSA) is 46.3 Å². The van der Waals surface area contributed by atoms with Crippen LogP contribution in [0.2, 0.25) is 0 Å². The number of hydrogen-bond donors (Lipinski definition) is 0. The molecule has 2 aromatic rings. The second kappa shape index (κ2) is 5.49. The van der Waals surface area contributed by atoms with E-state index in [-0.39, 0.29) is 5.91 Å². The van der Waals surface area contributed by atoms with Crippen LogP contribution in [0.25, 0.3) is 17.2 Å². The number of carbonyl (C=O) groups is 1. The zero-order chi connectivity index (χ0) is 13.9. The molecule has 20 heavy (non-hydrogen) atoms. The van der Waals surface area contributed by atoms with Crippen LogP contribution in [-0.2, 0) is 4.79 Å². The number of aromatic nitrogens is 1. The minimum atomic E-state index is 0.0131. The third kappa shape index (κ3) is 2.59. The summed E-state index contributed by atoms with van der Waals surface area (Å²) in [6.45, 7) is 0. The summed E-state index contributed by atoms with van der Waals surface area (Å²) in [4.78, 5) is 18.2. The zero-order valence-corrected chi connectivity index (χ0v) is 11.6. The summed E-state index contributed by atoms with van der Waals surface area (Å²) >= 11 is 0. The fourth-order valence-electron chi connectivity index (χ4n) is 2.69. The van der Waals surface area contributed by atoms with E-state index in [4.69, 9.17) is 4.42 Å². The fraction of sp³-hybridized carbons (Fsp3) is 0.375. The standard InChI is InChI=1S/C16H18N2O2/c1-18(12-6-2-3-7-12)16(19)11-10-15-17-13-8-4-5-9-14(13)20-15/h4-5,8-12H,2-3,6-7H2,1H3. The summed E-state index contributed by atoms with van der Waals surface area (Å²) in [5.41, 5.74) is 1.55. The molecule has 1 aromatic carbocycles. The van der Waals surface area contributed by atoms with E-state index in [1.165, 1.54) is 12.8 Å².